The van der Waals surface area contributed by atoms with Crippen LogP contribution in [0.5, 0.6) is 0 Å². The van der Waals surface area contributed by atoms with Gasteiger partial charge >= 0.3 is 0 Å². The van der Waals surface area contributed by atoms with Gasteiger partial charge in [0.25, 0.3) is 0 Å². The van der Waals surface area contributed by atoms with Crippen LogP contribution in [-0.2, 0) is 0 Å². The van der Waals surface area contributed by atoms with E-state index in [4.69, 9.17) is 0 Å². The summed E-state index contributed by atoms with van der Waals surface area (Å²) in [6, 6.07) is 0. The summed E-state index contributed by atoms with van der Waals surface area (Å²) in [5.41, 5.74) is 1.43. The topological polar surface area (TPSA) is 23.5 Å². The molecule has 0 aliphatic carbocycles. The molecule has 1 aliphatic rings. The summed E-state index contributed by atoms with van der Waals surface area (Å²) in [7, 11) is 0. The molecule has 2 nitrogen and oxygen atoms in total. The SMILES string of the molecule is CC1=CC(C)CN(CC(C)O)C1. The lowest BCUT2D eigenvalue weighted by atomic mass is 10.0. The van der Waals surface area contributed by atoms with Gasteiger partial charge in [0, 0.05) is 19.6 Å². The minimum Gasteiger partial charge on any atom is -0.392 e. The van der Waals surface area contributed by atoms with E-state index >= 15 is 0 Å². The van der Waals surface area contributed by atoms with Gasteiger partial charge in [0.2, 0.25) is 0 Å². The number of nitrogens with zero attached hydrogens (tertiary/aromatic N) is 1. The number of hydrogen-bond acceptors (Lipinski definition) is 2. The Kier molecular flexibility index (Phi) is 3.29. The summed E-state index contributed by atoms with van der Waals surface area (Å²) in [6.45, 7) is 9.13. The molecule has 0 saturated heterocycles. The van der Waals surface area contributed by atoms with Crippen LogP contribution in [0.4, 0.5) is 0 Å². The van der Waals surface area contributed by atoms with Crippen molar-refractivity contribution in [2.75, 3.05) is 19.6 Å². The molecule has 2 heteroatoms. The van der Waals surface area contributed by atoms with E-state index < -0.39 is 0 Å². The summed E-state index contributed by atoms with van der Waals surface area (Å²) in [5.74, 6) is 0.637. The van der Waals surface area contributed by atoms with Crippen LogP contribution < -0.4 is 0 Å². The lowest BCUT2D eigenvalue weighted by molar-refractivity contribution is 0.123. The molecule has 70 valence electrons. The van der Waals surface area contributed by atoms with Crippen molar-refractivity contribution in [3.63, 3.8) is 0 Å². The molecule has 2 atom stereocenters. The molecule has 0 spiro atoms. The third-order valence-electron chi connectivity index (χ3n) is 2.11. The molecule has 0 radical (unpaired) electrons. The second-order valence-electron chi connectivity index (χ2n) is 4.03. The highest BCUT2D eigenvalue weighted by molar-refractivity contribution is 5.07. The van der Waals surface area contributed by atoms with Crippen LogP contribution in [0.15, 0.2) is 11.6 Å². The lowest BCUT2D eigenvalue weighted by Gasteiger charge is -2.30. The van der Waals surface area contributed by atoms with E-state index in [2.05, 4.69) is 24.8 Å². The number of hydrogen-bond donors (Lipinski definition) is 1. The average molecular weight is 169 g/mol. The molecule has 2 unspecified atom stereocenters. The van der Waals surface area contributed by atoms with Crippen molar-refractivity contribution in [1.82, 2.24) is 4.90 Å². The molecule has 0 aromatic rings. The smallest absolute Gasteiger partial charge is 0.0639 e. The Bertz CT molecular complexity index is 175. The van der Waals surface area contributed by atoms with Crippen molar-refractivity contribution in [3.8, 4) is 0 Å². The number of rotatable bonds is 2. The van der Waals surface area contributed by atoms with Crippen LogP contribution >= 0.6 is 0 Å². The molecule has 1 aliphatic heterocycles. The van der Waals surface area contributed by atoms with E-state index in [0.717, 1.165) is 19.6 Å². The van der Waals surface area contributed by atoms with Crippen LogP contribution in [-0.4, -0.2) is 35.7 Å². The van der Waals surface area contributed by atoms with Crippen LogP contribution in [0.3, 0.4) is 0 Å². The number of β-amino-alcohol motifs (C(OH)–C–C–N with tert-alkyl or cyclic N) is 1. The van der Waals surface area contributed by atoms with E-state index in [0.29, 0.717) is 5.92 Å². The van der Waals surface area contributed by atoms with Crippen LogP contribution in [0.2, 0.25) is 0 Å². The molecule has 0 fully saturated rings. The molecule has 1 rings (SSSR count). The monoisotopic (exact) mass is 169 g/mol. The summed E-state index contributed by atoms with van der Waals surface area (Å²) in [4.78, 5) is 2.31. The highest BCUT2D eigenvalue weighted by Gasteiger charge is 2.15. The first kappa shape index (κ1) is 9.75. The maximum atomic E-state index is 9.22. The zero-order chi connectivity index (χ0) is 9.14. The normalized spacial score (nSPS) is 28.3. The second kappa shape index (κ2) is 4.06. The Labute approximate surface area is 74.9 Å². The van der Waals surface area contributed by atoms with Gasteiger partial charge in [0.1, 0.15) is 0 Å². The highest BCUT2D eigenvalue weighted by atomic mass is 16.3. The molecule has 0 bridgehead atoms. The first-order valence-corrected chi connectivity index (χ1v) is 4.65. The second-order valence-corrected chi connectivity index (χ2v) is 4.03. The van der Waals surface area contributed by atoms with Crippen molar-refractivity contribution in [2.45, 2.75) is 26.9 Å². The van der Waals surface area contributed by atoms with Crippen molar-refractivity contribution >= 4 is 0 Å². The fourth-order valence-electron chi connectivity index (χ4n) is 1.93. The van der Waals surface area contributed by atoms with Gasteiger partial charge in [-0.15, -0.1) is 0 Å². The Morgan fingerprint density at radius 2 is 2.42 bits per heavy atom. The van der Waals surface area contributed by atoms with E-state index in [1.54, 1.807) is 0 Å². The van der Waals surface area contributed by atoms with E-state index in [-0.39, 0.29) is 6.10 Å². The summed E-state index contributed by atoms with van der Waals surface area (Å²) in [5, 5.41) is 9.22. The first-order valence-electron chi connectivity index (χ1n) is 4.65. The molecule has 1 heterocycles. The Hall–Kier alpha value is -0.340. The molecular weight excluding hydrogens is 150 g/mol. The minimum atomic E-state index is -0.205. The van der Waals surface area contributed by atoms with Gasteiger partial charge < -0.3 is 5.11 Å². The predicted molar refractivity (Wildman–Crippen MR) is 51.0 cm³/mol. The predicted octanol–water partition coefficient (Wildman–Crippen LogP) is 1.27. The van der Waals surface area contributed by atoms with Gasteiger partial charge in [-0.3, -0.25) is 4.90 Å². The van der Waals surface area contributed by atoms with E-state index in [9.17, 15) is 5.11 Å². The molecule has 12 heavy (non-hydrogen) atoms. The largest absolute Gasteiger partial charge is 0.392 e. The van der Waals surface area contributed by atoms with E-state index in [1.165, 1.54) is 5.57 Å². The van der Waals surface area contributed by atoms with Gasteiger partial charge in [-0.1, -0.05) is 18.6 Å². The molecule has 0 saturated carbocycles. The quantitative estimate of drug-likeness (QED) is 0.629. The van der Waals surface area contributed by atoms with E-state index in [1.807, 2.05) is 6.92 Å². The highest BCUT2D eigenvalue weighted by Crippen LogP contribution is 2.14. The molecule has 0 aromatic carbocycles. The number of aliphatic hydroxyl groups excluding tert-OH is 1. The maximum Gasteiger partial charge on any atom is 0.0639 e. The van der Waals surface area contributed by atoms with Gasteiger partial charge in [-0.05, 0) is 19.8 Å². The van der Waals surface area contributed by atoms with Gasteiger partial charge in [0.15, 0.2) is 0 Å². The Balaban J connectivity index is 2.44. The van der Waals surface area contributed by atoms with Crippen LogP contribution in [0.25, 0.3) is 0 Å². The van der Waals surface area contributed by atoms with Crippen molar-refractivity contribution in [2.24, 2.45) is 5.92 Å². The summed E-state index contributed by atoms with van der Waals surface area (Å²) in [6.07, 6.45) is 2.11. The van der Waals surface area contributed by atoms with Gasteiger partial charge in [-0.25, -0.2) is 0 Å². The third kappa shape index (κ3) is 2.95. The van der Waals surface area contributed by atoms with Crippen molar-refractivity contribution in [1.29, 1.82) is 0 Å². The standard InChI is InChI=1S/C10H19NO/c1-8-4-9(2)6-11(5-8)7-10(3)12/h4,8,10,12H,5-7H2,1-3H3. The Morgan fingerprint density at radius 1 is 1.75 bits per heavy atom. The average Bonchev–Trinajstić information content (AvgIpc) is 1.81. The molecule has 0 aromatic heterocycles. The van der Waals surface area contributed by atoms with Gasteiger partial charge in [-0.2, -0.15) is 0 Å². The third-order valence-corrected chi connectivity index (χ3v) is 2.11. The lowest BCUT2D eigenvalue weighted by Crippen LogP contribution is -2.37. The molecular formula is C10H19NO. The zero-order valence-corrected chi connectivity index (χ0v) is 8.25. The molecule has 0 amide bonds. The minimum absolute atomic E-state index is 0.205. The zero-order valence-electron chi connectivity index (χ0n) is 8.25. The van der Waals surface area contributed by atoms with Crippen LogP contribution in [0, 0.1) is 5.92 Å². The molecule has 1 N–H and O–H groups in total. The van der Waals surface area contributed by atoms with Crippen molar-refractivity contribution < 1.29 is 5.11 Å². The van der Waals surface area contributed by atoms with Crippen LogP contribution in [0.1, 0.15) is 20.8 Å². The first-order chi connectivity index (χ1) is 5.58. The van der Waals surface area contributed by atoms with Crippen molar-refractivity contribution in [3.05, 3.63) is 11.6 Å². The maximum absolute atomic E-state index is 9.22. The fourth-order valence-corrected chi connectivity index (χ4v) is 1.93. The number of aliphatic hydroxyl groups is 1. The summed E-state index contributed by atoms with van der Waals surface area (Å²) < 4.78 is 0. The summed E-state index contributed by atoms with van der Waals surface area (Å²) >= 11 is 0. The van der Waals surface area contributed by atoms with Gasteiger partial charge in [0.05, 0.1) is 6.10 Å². The Morgan fingerprint density at radius 3 is 2.92 bits per heavy atom. The fraction of sp³-hybridized carbons (Fsp3) is 0.800.